The van der Waals surface area contributed by atoms with Gasteiger partial charge < -0.3 is 9.09 Å². The number of rotatable bonds is 5. The third kappa shape index (κ3) is 2.78. The lowest BCUT2D eigenvalue weighted by atomic mass is 10.2. The Morgan fingerprint density at radius 1 is 1.19 bits per heavy atom. The molecular weight excluding hydrogens is 288 g/mol. The van der Waals surface area contributed by atoms with E-state index in [0.29, 0.717) is 24.0 Å². The second kappa shape index (κ2) is 5.85. The maximum absolute atomic E-state index is 5.90. The molecule has 2 heterocycles. The van der Waals surface area contributed by atoms with Crippen LogP contribution in [-0.2, 0) is 19.4 Å². The summed E-state index contributed by atoms with van der Waals surface area (Å²) >= 11 is 5.90. The Balaban J connectivity index is 1.95. The minimum Gasteiger partial charge on any atom is -0.339 e. The summed E-state index contributed by atoms with van der Waals surface area (Å²) in [5.41, 5.74) is 3.35. The van der Waals surface area contributed by atoms with Crippen LogP contribution in [0.15, 0.2) is 22.7 Å². The first kappa shape index (κ1) is 14.1. The predicted octanol–water partition coefficient (Wildman–Crippen LogP) is 3.06. The summed E-state index contributed by atoms with van der Waals surface area (Å²) in [5, 5.41) is 3.82. The van der Waals surface area contributed by atoms with Gasteiger partial charge >= 0.3 is 0 Å². The van der Waals surface area contributed by atoms with E-state index in [1.807, 2.05) is 6.92 Å². The lowest BCUT2D eigenvalue weighted by molar-refractivity contribution is 0.368. The molecule has 0 fully saturated rings. The molecule has 0 amide bonds. The van der Waals surface area contributed by atoms with Crippen molar-refractivity contribution < 1.29 is 4.52 Å². The van der Waals surface area contributed by atoms with Crippen molar-refractivity contribution in [1.29, 1.82) is 0 Å². The molecule has 21 heavy (non-hydrogen) atoms. The Morgan fingerprint density at radius 2 is 2.05 bits per heavy atom. The molecule has 0 aliphatic carbocycles. The average Bonchev–Trinajstić information content (AvgIpc) is 3.02. The van der Waals surface area contributed by atoms with E-state index in [1.165, 1.54) is 5.56 Å². The molecule has 0 atom stereocenters. The van der Waals surface area contributed by atoms with Crippen LogP contribution in [0, 0.1) is 13.8 Å². The molecule has 3 aromatic rings. The van der Waals surface area contributed by atoms with Crippen LogP contribution >= 0.6 is 11.6 Å². The van der Waals surface area contributed by atoms with Crippen LogP contribution in [0.25, 0.3) is 11.0 Å². The van der Waals surface area contributed by atoms with Crippen LogP contribution in [0.4, 0.5) is 0 Å². The number of hydrogen-bond donors (Lipinski definition) is 0. The van der Waals surface area contributed by atoms with Gasteiger partial charge in [-0.2, -0.15) is 4.98 Å². The van der Waals surface area contributed by atoms with E-state index in [4.69, 9.17) is 21.1 Å². The standard InChI is InChI=1S/C15H17ClN4O/c1-10-4-3-5-12-15(10)18-13(6-8-16)20(12)9-7-14-17-11(2)19-21-14/h3-5H,6-9H2,1-2H3. The maximum atomic E-state index is 5.90. The summed E-state index contributed by atoms with van der Waals surface area (Å²) in [6, 6.07) is 6.22. The number of halogens is 1. The Bertz CT molecular complexity index is 762. The topological polar surface area (TPSA) is 56.7 Å². The van der Waals surface area contributed by atoms with Gasteiger partial charge in [-0.05, 0) is 25.5 Å². The van der Waals surface area contributed by atoms with Crippen molar-refractivity contribution in [2.24, 2.45) is 0 Å². The van der Waals surface area contributed by atoms with E-state index in [9.17, 15) is 0 Å². The van der Waals surface area contributed by atoms with Gasteiger partial charge in [0.15, 0.2) is 5.82 Å². The number of para-hydroxylation sites is 1. The number of fused-ring (bicyclic) bond motifs is 1. The van der Waals surface area contributed by atoms with E-state index in [0.717, 1.165) is 29.8 Å². The summed E-state index contributed by atoms with van der Waals surface area (Å²) in [4.78, 5) is 8.98. The van der Waals surface area contributed by atoms with Crippen molar-refractivity contribution in [3.63, 3.8) is 0 Å². The predicted molar refractivity (Wildman–Crippen MR) is 81.6 cm³/mol. The van der Waals surface area contributed by atoms with E-state index < -0.39 is 0 Å². The summed E-state index contributed by atoms with van der Waals surface area (Å²) in [6.45, 7) is 4.65. The molecule has 0 aliphatic rings. The van der Waals surface area contributed by atoms with Gasteiger partial charge in [0.05, 0.1) is 11.0 Å². The van der Waals surface area contributed by atoms with Crippen LogP contribution in [0.3, 0.4) is 0 Å². The Labute approximate surface area is 127 Å². The van der Waals surface area contributed by atoms with Crippen molar-refractivity contribution in [3.05, 3.63) is 41.3 Å². The second-order valence-electron chi connectivity index (χ2n) is 5.05. The molecule has 0 N–H and O–H groups in total. The minimum absolute atomic E-state index is 0.558. The average molecular weight is 305 g/mol. The SMILES string of the molecule is Cc1noc(CCn2c(CCCl)nc3c(C)cccc32)n1. The van der Waals surface area contributed by atoms with E-state index >= 15 is 0 Å². The lowest BCUT2D eigenvalue weighted by Crippen LogP contribution is -2.07. The molecule has 0 aliphatic heterocycles. The summed E-state index contributed by atoms with van der Waals surface area (Å²) in [5.74, 6) is 2.88. The van der Waals surface area contributed by atoms with Crippen molar-refractivity contribution >= 4 is 22.6 Å². The largest absolute Gasteiger partial charge is 0.339 e. The normalized spacial score (nSPS) is 11.4. The van der Waals surface area contributed by atoms with Crippen LogP contribution in [0.5, 0.6) is 0 Å². The minimum atomic E-state index is 0.558. The van der Waals surface area contributed by atoms with Crippen LogP contribution in [0.2, 0.25) is 0 Å². The van der Waals surface area contributed by atoms with Gasteiger partial charge in [0.2, 0.25) is 5.89 Å². The van der Waals surface area contributed by atoms with Gasteiger partial charge in [0.25, 0.3) is 0 Å². The van der Waals surface area contributed by atoms with Gasteiger partial charge in [0, 0.05) is 25.3 Å². The molecule has 1 aromatic carbocycles. The molecule has 0 saturated heterocycles. The van der Waals surface area contributed by atoms with E-state index in [-0.39, 0.29) is 0 Å². The first-order valence-corrected chi connectivity index (χ1v) is 7.52. The molecular formula is C15H17ClN4O. The van der Waals surface area contributed by atoms with Crippen molar-refractivity contribution in [3.8, 4) is 0 Å². The first-order chi connectivity index (χ1) is 10.2. The fourth-order valence-electron chi connectivity index (χ4n) is 2.51. The zero-order valence-electron chi connectivity index (χ0n) is 12.1. The van der Waals surface area contributed by atoms with E-state index in [2.05, 4.69) is 39.8 Å². The highest BCUT2D eigenvalue weighted by Crippen LogP contribution is 2.20. The monoisotopic (exact) mass is 304 g/mol. The highest BCUT2D eigenvalue weighted by molar-refractivity contribution is 6.17. The van der Waals surface area contributed by atoms with Gasteiger partial charge in [-0.3, -0.25) is 0 Å². The third-order valence-corrected chi connectivity index (χ3v) is 3.69. The molecule has 110 valence electrons. The second-order valence-corrected chi connectivity index (χ2v) is 5.42. The van der Waals surface area contributed by atoms with Gasteiger partial charge in [-0.25, -0.2) is 4.98 Å². The Morgan fingerprint density at radius 3 is 2.76 bits per heavy atom. The fourth-order valence-corrected chi connectivity index (χ4v) is 2.68. The molecule has 0 bridgehead atoms. The Hall–Kier alpha value is -1.88. The quantitative estimate of drug-likeness (QED) is 0.680. The number of alkyl halides is 1. The number of hydrogen-bond acceptors (Lipinski definition) is 4. The van der Waals surface area contributed by atoms with Crippen LogP contribution in [-0.4, -0.2) is 25.6 Å². The first-order valence-electron chi connectivity index (χ1n) is 6.99. The van der Waals surface area contributed by atoms with E-state index in [1.54, 1.807) is 0 Å². The zero-order valence-corrected chi connectivity index (χ0v) is 12.9. The van der Waals surface area contributed by atoms with Crippen molar-refractivity contribution in [2.75, 3.05) is 5.88 Å². The van der Waals surface area contributed by atoms with Crippen LogP contribution < -0.4 is 0 Å². The van der Waals surface area contributed by atoms with Gasteiger partial charge in [-0.1, -0.05) is 17.3 Å². The number of aromatic nitrogens is 4. The highest BCUT2D eigenvalue weighted by Gasteiger charge is 2.13. The smallest absolute Gasteiger partial charge is 0.228 e. The zero-order chi connectivity index (χ0) is 14.8. The molecule has 0 radical (unpaired) electrons. The molecule has 0 unspecified atom stereocenters. The number of imidazole rings is 1. The fraction of sp³-hybridized carbons (Fsp3) is 0.400. The van der Waals surface area contributed by atoms with Crippen molar-refractivity contribution in [1.82, 2.24) is 19.7 Å². The lowest BCUT2D eigenvalue weighted by Gasteiger charge is -2.06. The van der Waals surface area contributed by atoms with Gasteiger partial charge in [0.1, 0.15) is 5.82 Å². The summed E-state index contributed by atoms with van der Waals surface area (Å²) in [7, 11) is 0. The molecule has 0 spiro atoms. The molecule has 2 aromatic heterocycles. The molecule has 5 nitrogen and oxygen atoms in total. The molecule has 0 saturated carbocycles. The maximum Gasteiger partial charge on any atom is 0.228 e. The molecule has 3 rings (SSSR count). The number of nitrogens with zero attached hydrogens (tertiary/aromatic N) is 4. The van der Waals surface area contributed by atoms with Gasteiger partial charge in [-0.15, -0.1) is 11.6 Å². The molecule has 6 heteroatoms. The summed E-state index contributed by atoms with van der Waals surface area (Å²) in [6.07, 6.45) is 1.44. The highest BCUT2D eigenvalue weighted by atomic mass is 35.5. The Kier molecular flexibility index (Phi) is 3.92. The third-order valence-electron chi connectivity index (χ3n) is 3.50. The number of benzene rings is 1. The number of aryl methyl sites for hydroxylation is 5. The summed E-state index contributed by atoms with van der Waals surface area (Å²) < 4.78 is 7.38. The van der Waals surface area contributed by atoms with Crippen molar-refractivity contribution in [2.45, 2.75) is 33.2 Å². The van der Waals surface area contributed by atoms with Crippen LogP contribution in [0.1, 0.15) is 23.1 Å².